The first kappa shape index (κ1) is 11.4. The van der Waals surface area contributed by atoms with Crippen molar-refractivity contribution in [2.75, 3.05) is 0 Å². The molecule has 2 N–H and O–H groups in total. The van der Waals surface area contributed by atoms with Crippen molar-refractivity contribution in [3.05, 3.63) is 52.9 Å². The topological polar surface area (TPSA) is 54.0 Å². The maximum absolute atomic E-state index is 9.85. The predicted molar refractivity (Wildman–Crippen MR) is 70.0 cm³/mol. The summed E-state index contributed by atoms with van der Waals surface area (Å²) in [6, 6.07) is 8.04. The van der Waals surface area contributed by atoms with Crippen LogP contribution in [0.2, 0.25) is 0 Å². The number of phenols is 2. The number of phenolic OH excluding ortho intramolecular Hbond substituents is 2. The second-order valence-electron chi connectivity index (χ2n) is 4.45. The summed E-state index contributed by atoms with van der Waals surface area (Å²) in [6.07, 6.45) is 1.29. The maximum atomic E-state index is 9.85. The van der Waals surface area contributed by atoms with E-state index in [0.29, 0.717) is 35.6 Å². The Labute approximate surface area is 110 Å². The van der Waals surface area contributed by atoms with Gasteiger partial charge in [0.15, 0.2) is 5.69 Å². The number of ether oxygens (including phenoxy) is 1. The normalized spacial score (nSPS) is 12.6. The zero-order chi connectivity index (χ0) is 13.4. The number of hydrogen-bond acceptors (Lipinski definition) is 3. The Hall–Kier alpha value is -2.67. The molecule has 94 valence electrons. The summed E-state index contributed by atoms with van der Waals surface area (Å²) in [7, 11) is 0. The minimum Gasteiger partial charge on any atom is -0.508 e. The van der Waals surface area contributed by atoms with E-state index in [-0.39, 0.29) is 11.5 Å². The standard InChI is InChI=1S/C15H11NO3/c1-16-10-3-5-14-9(6-10)2-4-12-13(18)7-11(17)8-15(12)19-14/h3,5-8,17-18H,2,4H2. The van der Waals surface area contributed by atoms with Crippen LogP contribution in [-0.4, -0.2) is 10.2 Å². The van der Waals surface area contributed by atoms with Crippen LogP contribution in [-0.2, 0) is 12.8 Å². The van der Waals surface area contributed by atoms with Crippen molar-refractivity contribution in [1.29, 1.82) is 0 Å². The summed E-state index contributed by atoms with van der Waals surface area (Å²) in [5, 5.41) is 19.4. The van der Waals surface area contributed by atoms with Crippen molar-refractivity contribution in [3.63, 3.8) is 0 Å². The van der Waals surface area contributed by atoms with Gasteiger partial charge in [0.25, 0.3) is 0 Å². The monoisotopic (exact) mass is 253 g/mol. The van der Waals surface area contributed by atoms with Gasteiger partial charge < -0.3 is 14.9 Å². The number of rotatable bonds is 0. The number of hydrogen-bond donors (Lipinski definition) is 2. The average molecular weight is 253 g/mol. The highest BCUT2D eigenvalue weighted by Crippen LogP contribution is 2.41. The Balaban J connectivity index is 2.10. The summed E-state index contributed by atoms with van der Waals surface area (Å²) in [6.45, 7) is 7.02. The predicted octanol–water partition coefficient (Wildman–Crippen LogP) is 3.54. The van der Waals surface area contributed by atoms with Crippen molar-refractivity contribution >= 4 is 5.69 Å². The Morgan fingerprint density at radius 2 is 1.89 bits per heavy atom. The highest BCUT2D eigenvalue weighted by molar-refractivity contribution is 5.57. The van der Waals surface area contributed by atoms with Gasteiger partial charge in [-0.25, -0.2) is 4.85 Å². The molecule has 0 saturated carbocycles. The van der Waals surface area contributed by atoms with Gasteiger partial charge in [0.2, 0.25) is 0 Å². The molecule has 0 spiro atoms. The van der Waals surface area contributed by atoms with Crippen molar-refractivity contribution in [1.82, 2.24) is 0 Å². The van der Waals surface area contributed by atoms with Crippen molar-refractivity contribution in [2.24, 2.45) is 0 Å². The van der Waals surface area contributed by atoms with Crippen LogP contribution in [0.1, 0.15) is 11.1 Å². The highest BCUT2D eigenvalue weighted by atomic mass is 16.5. The average Bonchev–Trinajstić information content (AvgIpc) is 2.56. The van der Waals surface area contributed by atoms with Gasteiger partial charge in [-0.1, -0.05) is 6.07 Å². The summed E-state index contributed by atoms with van der Waals surface area (Å²) < 4.78 is 5.74. The number of fused-ring (bicyclic) bond motifs is 2. The molecular weight excluding hydrogens is 242 g/mol. The third-order valence-corrected chi connectivity index (χ3v) is 3.21. The smallest absolute Gasteiger partial charge is 0.187 e. The molecule has 19 heavy (non-hydrogen) atoms. The van der Waals surface area contributed by atoms with E-state index in [4.69, 9.17) is 11.3 Å². The van der Waals surface area contributed by atoms with Crippen molar-refractivity contribution in [3.8, 4) is 23.0 Å². The van der Waals surface area contributed by atoms with E-state index in [0.717, 1.165) is 5.56 Å². The van der Waals surface area contributed by atoms with Gasteiger partial charge >= 0.3 is 0 Å². The van der Waals surface area contributed by atoms with Crippen LogP contribution in [0.15, 0.2) is 30.3 Å². The van der Waals surface area contributed by atoms with Crippen LogP contribution < -0.4 is 4.74 Å². The van der Waals surface area contributed by atoms with Crippen LogP contribution in [0.3, 0.4) is 0 Å². The molecule has 0 radical (unpaired) electrons. The van der Waals surface area contributed by atoms with Crippen LogP contribution in [0.5, 0.6) is 23.0 Å². The van der Waals surface area contributed by atoms with Gasteiger partial charge in [-0.3, -0.25) is 0 Å². The molecule has 0 atom stereocenters. The summed E-state index contributed by atoms with van der Waals surface area (Å²) in [5.74, 6) is 1.13. The third kappa shape index (κ3) is 1.95. The molecule has 0 saturated heterocycles. The largest absolute Gasteiger partial charge is 0.508 e. The quantitative estimate of drug-likeness (QED) is 0.706. The highest BCUT2D eigenvalue weighted by Gasteiger charge is 2.18. The molecule has 1 heterocycles. The van der Waals surface area contributed by atoms with Gasteiger partial charge in [0.05, 0.1) is 6.57 Å². The maximum Gasteiger partial charge on any atom is 0.187 e. The molecule has 0 aliphatic carbocycles. The fraction of sp³-hybridized carbons (Fsp3) is 0.133. The van der Waals surface area contributed by atoms with Gasteiger partial charge in [-0.15, -0.1) is 0 Å². The molecule has 0 bridgehead atoms. The molecule has 2 aromatic carbocycles. The van der Waals surface area contributed by atoms with Crippen LogP contribution in [0, 0.1) is 6.57 Å². The Kier molecular flexibility index (Phi) is 2.53. The first-order valence-electron chi connectivity index (χ1n) is 5.90. The van der Waals surface area contributed by atoms with Crippen LogP contribution >= 0.6 is 0 Å². The van der Waals surface area contributed by atoms with Crippen LogP contribution in [0.4, 0.5) is 5.69 Å². The third-order valence-electron chi connectivity index (χ3n) is 3.21. The number of benzene rings is 2. The Morgan fingerprint density at radius 1 is 1.05 bits per heavy atom. The zero-order valence-corrected chi connectivity index (χ0v) is 10.1. The van der Waals surface area contributed by atoms with E-state index in [2.05, 4.69) is 4.85 Å². The lowest BCUT2D eigenvalue weighted by Gasteiger charge is -2.10. The van der Waals surface area contributed by atoms with Gasteiger partial charge in [-0.2, -0.15) is 0 Å². The molecule has 1 aliphatic rings. The molecule has 3 rings (SSSR count). The molecule has 0 aromatic heterocycles. The van der Waals surface area contributed by atoms with Gasteiger partial charge in [0.1, 0.15) is 23.0 Å². The first-order valence-corrected chi connectivity index (χ1v) is 5.90. The van der Waals surface area contributed by atoms with E-state index < -0.39 is 0 Å². The lowest BCUT2D eigenvalue weighted by atomic mass is 10.0. The van der Waals surface area contributed by atoms with Gasteiger partial charge in [0, 0.05) is 17.7 Å². The van der Waals surface area contributed by atoms with E-state index in [1.165, 1.54) is 12.1 Å². The van der Waals surface area contributed by atoms with Crippen molar-refractivity contribution in [2.45, 2.75) is 12.8 Å². The van der Waals surface area contributed by atoms with Gasteiger partial charge in [-0.05, 0) is 30.5 Å². The molecule has 2 aromatic rings. The van der Waals surface area contributed by atoms with E-state index in [1.54, 1.807) is 18.2 Å². The lowest BCUT2D eigenvalue weighted by molar-refractivity contribution is 0.427. The second kappa shape index (κ2) is 4.21. The van der Waals surface area contributed by atoms with E-state index in [1.807, 2.05) is 0 Å². The number of nitrogens with zero attached hydrogens (tertiary/aromatic N) is 1. The fourth-order valence-corrected chi connectivity index (χ4v) is 2.27. The van der Waals surface area contributed by atoms with E-state index in [9.17, 15) is 10.2 Å². The minimum absolute atomic E-state index is 0.0301. The minimum atomic E-state index is -0.0301. The van der Waals surface area contributed by atoms with E-state index >= 15 is 0 Å². The second-order valence-corrected chi connectivity index (χ2v) is 4.45. The molecule has 0 amide bonds. The number of aromatic hydroxyl groups is 2. The molecule has 4 heteroatoms. The molecule has 0 fully saturated rings. The molecule has 1 aliphatic heterocycles. The fourth-order valence-electron chi connectivity index (χ4n) is 2.27. The molecule has 4 nitrogen and oxygen atoms in total. The number of aryl methyl sites for hydroxylation is 1. The molecule has 0 unspecified atom stereocenters. The first-order chi connectivity index (χ1) is 9.17. The molecular formula is C15H11NO3. The Morgan fingerprint density at radius 3 is 2.68 bits per heavy atom. The Bertz CT molecular complexity index is 701. The van der Waals surface area contributed by atoms with Crippen LogP contribution in [0.25, 0.3) is 4.85 Å². The van der Waals surface area contributed by atoms with Crippen molar-refractivity contribution < 1.29 is 14.9 Å². The zero-order valence-electron chi connectivity index (χ0n) is 10.1. The lowest BCUT2D eigenvalue weighted by Crippen LogP contribution is -1.89. The SMILES string of the molecule is [C-]#[N+]c1ccc2c(c1)CCc1c(O)cc(O)cc1O2. The summed E-state index contributed by atoms with van der Waals surface area (Å²) in [4.78, 5) is 3.40. The summed E-state index contributed by atoms with van der Waals surface area (Å²) >= 11 is 0. The summed E-state index contributed by atoms with van der Waals surface area (Å²) in [5.41, 5.74) is 2.18.